The number of benzene rings is 3. The van der Waals surface area contributed by atoms with Gasteiger partial charge in [0.05, 0.1) is 14.2 Å². The van der Waals surface area contributed by atoms with Crippen molar-refractivity contribution in [3.63, 3.8) is 0 Å². The van der Waals surface area contributed by atoms with Gasteiger partial charge in [-0.3, -0.25) is 9.59 Å². The molecular formula is C34H39N3O4. The Balaban J connectivity index is 1.56. The third-order valence-electron chi connectivity index (χ3n) is 6.94. The monoisotopic (exact) mass is 553 g/mol. The number of amides is 2. The first kappa shape index (κ1) is 29.5. The summed E-state index contributed by atoms with van der Waals surface area (Å²) in [5.74, 6) is 1.16. The van der Waals surface area contributed by atoms with Crippen LogP contribution in [0.25, 0.3) is 17.0 Å². The van der Waals surface area contributed by atoms with Crippen molar-refractivity contribution in [1.29, 1.82) is 0 Å². The minimum atomic E-state index is -0.182. The van der Waals surface area contributed by atoms with Crippen LogP contribution >= 0.6 is 0 Å². The highest BCUT2D eigenvalue weighted by atomic mass is 16.5. The molecule has 1 aromatic heterocycles. The highest BCUT2D eigenvalue weighted by Crippen LogP contribution is 2.28. The number of para-hydroxylation sites is 1. The van der Waals surface area contributed by atoms with Crippen molar-refractivity contribution < 1.29 is 19.1 Å². The maximum Gasteiger partial charge on any atom is 0.247 e. The number of nitrogens with one attached hydrogen (secondary N) is 1. The smallest absolute Gasteiger partial charge is 0.247 e. The molecule has 3 aromatic carbocycles. The zero-order valence-electron chi connectivity index (χ0n) is 24.3. The van der Waals surface area contributed by atoms with Crippen LogP contribution in [0.1, 0.15) is 30.5 Å². The molecule has 0 atom stereocenters. The number of carbonyl (C=O) groups is 2. The lowest BCUT2D eigenvalue weighted by Crippen LogP contribution is -2.44. The van der Waals surface area contributed by atoms with Gasteiger partial charge in [0.25, 0.3) is 0 Å². The second-order valence-electron chi connectivity index (χ2n) is 10.5. The highest BCUT2D eigenvalue weighted by molar-refractivity contribution is 5.94. The fourth-order valence-corrected chi connectivity index (χ4v) is 4.86. The molecule has 0 spiro atoms. The van der Waals surface area contributed by atoms with Crippen molar-refractivity contribution in [3.05, 3.63) is 102 Å². The van der Waals surface area contributed by atoms with Crippen LogP contribution in [0, 0.1) is 5.92 Å². The van der Waals surface area contributed by atoms with E-state index in [9.17, 15) is 9.59 Å². The van der Waals surface area contributed by atoms with Crippen LogP contribution in [0.4, 0.5) is 0 Å². The largest absolute Gasteiger partial charge is 0.493 e. The van der Waals surface area contributed by atoms with E-state index in [1.54, 1.807) is 31.3 Å². The molecule has 1 N–H and O–H groups in total. The number of aromatic amines is 1. The third-order valence-corrected chi connectivity index (χ3v) is 6.94. The van der Waals surface area contributed by atoms with E-state index in [0.717, 1.165) is 27.6 Å². The molecule has 4 rings (SSSR count). The molecule has 0 aliphatic rings. The van der Waals surface area contributed by atoms with Gasteiger partial charge in [0, 0.05) is 42.8 Å². The molecule has 0 bridgehead atoms. The first-order chi connectivity index (χ1) is 19.9. The lowest BCUT2D eigenvalue weighted by molar-refractivity contribution is -0.139. The average molecular weight is 554 g/mol. The molecule has 4 aromatic rings. The van der Waals surface area contributed by atoms with Gasteiger partial charge < -0.3 is 24.3 Å². The fourth-order valence-electron chi connectivity index (χ4n) is 4.86. The number of aromatic nitrogens is 1. The van der Waals surface area contributed by atoms with Gasteiger partial charge in [-0.05, 0) is 53.3 Å². The Morgan fingerprint density at radius 1 is 0.902 bits per heavy atom. The Morgan fingerprint density at radius 3 is 2.37 bits per heavy atom. The van der Waals surface area contributed by atoms with Gasteiger partial charge in [-0.25, -0.2) is 0 Å². The highest BCUT2D eigenvalue weighted by Gasteiger charge is 2.22. The number of carbonyl (C=O) groups excluding carboxylic acids is 2. The van der Waals surface area contributed by atoms with Crippen LogP contribution in [0.2, 0.25) is 0 Å². The summed E-state index contributed by atoms with van der Waals surface area (Å²) in [6.45, 7) is 5.45. The number of hydrogen-bond donors (Lipinski definition) is 1. The molecule has 0 saturated carbocycles. The van der Waals surface area contributed by atoms with Gasteiger partial charge in [0.1, 0.15) is 6.54 Å². The summed E-state index contributed by atoms with van der Waals surface area (Å²) in [7, 11) is 3.20. The van der Waals surface area contributed by atoms with Crippen molar-refractivity contribution in [2.75, 3.05) is 33.9 Å². The van der Waals surface area contributed by atoms with E-state index in [0.29, 0.717) is 37.6 Å². The summed E-state index contributed by atoms with van der Waals surface area (Å²) < 4.78 is 10.9. The van der Waals surface area contributed by atoms with Gasteiger partial charge in [-0.15, -0.1) is 0 Å². The summed E-state index contributed by atoms with van der Waals surface area (Å²) in [6, 6.07) is 23.5. The normalized spacial score (nSPS) is 11.2. The number of fused-ring (bicyclic) bond motifs is 1. The number of rotatable bonds is 13. The van der Waals surface area contributed by atoms with Gasteiger partial charge in [0.15, 0.2) is 11.5 Å². The molecule has 7 nitrogen and oxygen atoms in total. The van der Waals surface area contributed by atoms with Gasteiger partial charge in [-0.1, -0.05) is 68.4 Å². The summed E-state index contributed by atoms with van der Waals surface area (Å²) in [4.78, 5) is 33.9. The lowest BCUT2D eigenvalue weighted by Gasteiger charge is -2.28. The number of nitrogens with zero attached hydrogens (tertiary/aromatic N) is 2. The predicted molar refractivity (Wildman–Crippen MR) is 164 cm³/mol. The predicted octanol–water partition coefficient (Wildman–Crippen LogP) is 5.95. The van der Waals surface area contributed by atoms with Gasteiger partial charge >= 0.3 is 0 Å². The van der Waals surface area contributed by atoms with Crippen LogP contribution in [0.3, 0.4) is 0 Å². The van der Waals surface area contributed by atoms with E-state index in [1.165, 1.54) is 0 Å². The lowest BCUT2D eigenvalue weighted by atomic mass is 10.1. The topological polar surface area (TPSA) is 74.9 Å². The molecule has 2 amide bonds. The standard InChI is InChI=1S/C34H39N3O4/c1-25(2)22-37(33(38)17-15-26-10-6-5-7-11-26)24-34(39)36(23-27-14-16-31(40-3)32(20-27)41-4)19-18-28-21-35-30-13-9-8-12-29(28)30/h5-17,20-21,25,35H,18-19,22-24H2,1-4H3/b17-15+. The summed E-state index contributed by atoms with van der Waals surface area (Å²) in [5.41, 5.74) is 4.07. The quantitative estimate of drug-likeness (QED) is 0.208. The molecule has 0 saturated heterocycles. The maximum atomic E-state index is 13.9. The summed E-state index contributed by atoms with van der Waals surface area (Å²) in [6.07, 6.45) is 6.02. The number of H-pyrrole nitrogens is 1. The van der Waals surface area contributed by atoms with Crippen LogP contribution in [-0.4, -0.2) is 60.5 Å². The Kier molecular flexibility index (Phi) is 10.2. The van der Waals surface area contributed by atoms with Crippen LogP contribution in [-0.2, 0) is 22.6 Å². The second kappa shape index (κ2) is 14.2. The molecule has 41 heavy (non-hydrogen) atoms. The molecule has 0 aliphatic carbocycles. The zero-order chi connectivity index (χ0) is 29.2. The minimum absolute atomic E-state index is 0.00266. The number of methoxy groups -OCH3 is 2. The maximum absolute atomic E-state index is 13.9. The molecule has 0 radical (unpaired) electrons. The molecule has 0 fully saturated rings. The average Bonchev–Trinajstić information content (AvgIpc) is 3.40. The Bertz CT molecular complexity index is 1480. The minimum Gasteiger partial charge on any atom is -0.493 e. The molecular weight excluding hydrogens is 514 g/mol. The van der Waals surface area contributed by atoms with Gasteiger partial charge in [-0.2, -0.15) is 0 Å². The van der Waals surface area contributed by atoms with Gasteiger partial charge in [0.2, 0.25) is 11.8 Å². The van der Waals surface area contributed by atoms with E-state index in [2.05, 4.69) is 11.1 Å². The van der Waals surface area contributed by atoms with Crippen LogP contribution in [0.15, 0.2) is 85.1 Å². The Morgan fingerprint density at radius 2 is 1.63 bits per heavy atom. The Hall–Kier alpha value is -4.52. The number of ether oxygens (including phenoxy) is 2. The van der Waals surface area contributed by atoms with Crippen molar-refractivity contribution in [3.8, 4) is 11.5 Å². The van der Waals surface area contributed by atoms with E-state index in [4.69, 9.17) is 9.47 Å². The SMILES string of the molecule is COc1ccc(CN(CCc2c[nH]c3ccccc23)C(=O)CN(CC(C)C)C(=O)/C=C/c2ccccc2)cc1OC. The van der Waals surface area contributed by atoms with Crippen molar-refractivity contribution >= 4 is 28.8 Å². The Labute approximate surface area is 242 Å². The molecule has 214 valence electrons. The number of hydrogen-bond acceptors (Lipinski definition) is 4. The van der Waals surface area contributed by atoms with Crippen LogP contribution < -0.4 is 9.47 Å². The molecule has 0 unspecified atom stereocenters. The van der Waals surface area contributed by atoms with Crippen LogP contribution in [0.5, 0.6) is 11.5 Å². The summed E-state index contributed by atoms with van der Waals surface area (Å²) in [5, 5.41) is 1.15. The second-order valence-corrected chi connectivity index (χ2v) is 10.5. The van der Waals surface area contributed by atoms with E-state index in [1.807, 2.05) is 91.7 Å². The van der Waals surface area contributed by atoms with E-state index < -0.39 is 0 Å². The first-order valence-electron chi connectivity index (χ1n) is 13.9. The van der Waals surface area contributed by atoms with Crippen molar-refractivity contribution in [1.82, 2.24) is 14.8 Å². The molecule has 1 heterocycles. The van der Waals surface area contributed by atoms with Crippen molar-refractivity contribution in [2.45, 2.75) is 26.8 Å². The zero-order valence-corrected chi connectivity index (χ0v) is 24.3. The molecule has 7 heteroatoms. The fraction of sp³-hybridized carbons (Fsp3) is 0.294. The molecule has 0 aliphatic heterocycles. The van der Waals surface area contributed by atoms with Crippen molar-refractivity contribution in [2.24, 2.45) is 5.92 Å². The third kappa shape index (κ3) is 8.01. The first-order valence-corrected chi connectivity index (χ1v) is 13.9. The summed E-state index contributed by atoms with van der Waals surface area (Å²) >= 11 is 0. The van der Waals surface area contributed by atoms with E-state index >= 15 is 0 Å². The van der Waals surface area contributed by atoms with E-state index in [-0.39, 0.29) is 24.3 Å².